The Hall–Kier alpha value is -1.95. The summed E-state index contributed by atoms with van der Waals surface area (Å²) >= 11 is 0. The van der Waals surface area contributed by atoms with E-state index in [9.17, 15) is 4.79 Å². The van der Waals surface area contributed by atoms with Crippen LogP contribution < -0.4 is 11.1 Å². The lowest BCUT2D eigenvalue weighted by Crippen LogP contribution is -2.55. The van der Waals surface area contributed by atoms with E-state index >= 15 is 0 Å². The summed E-state index contributed by atoms with van der Waals surface area (Å²) in [4.78, 5) is 18.2. The molecule has 6 nitrogen and oxygen atoms in total. The number of aryl methyl sites for hydroxylation is 1. The van der Waals surface area contributed by atoms with E-state index in [0.29, 0.717) is 18.0 Å². The van der Waals surface area contributed by atoms with E-state index in [0.717, 1.165) is 35.3 Å². The summed E-state index contributed by atoms with van der Waals surface area (Å²) in [6.45, 7) is 14.8. The second-order valence-corrected chi connectivity index (χ2v) is 9.47. The zero-order valence-electron chi connectivity index (χ0n) is 17.7. The lowest BCUT2D eigenvalue weighted by Gasteiger charge is -2.33. The predicted octanol–water partition coefficient (Wildman–Crippen LogP) is 3.48. The number of carbonyl (C=O) groups is 1. The number of hydrogen-bond donors (Lipinski definition) is 2. The lowest BCUT2D eigenvalue weighted by atomic mass is 9.88. The van der Waals surface area contributed by atoms with E-state index in [-0.39, 0.29) is 17.4 Å². The molecule has 148 valence electrons. The first-order valence-corrected chi connectivity index (χ1v) is 9.91. The maximum absolute atomic E-state index is 13.3. The van der Waals surface area contributed by atoms with Crippen molar-refractivity contribution in [1.82, 2.24) is 20.1 Å². The Morgan fingerprint density at radius 3 is 2.44 bits per heavy atom. The third-order valence-electron chi connectivity index (χ3n) is 5.81. The van der Waals surface area contributed by atoms with Gasteiger partial charge in [-0.2, -0.15) is 5.10 Å². The maximum atomic E-state index is 13.3. The molecule has 0 bridgehead atoms. The van der Waals surface area contributed by atoms with Crippen LogP contribution in [0.4, 0.5) is 0 Å². The third kappa shape index (κ3) is 3.59. The van der Waals surface area contributed by atoms with Gasteiger partial charge in [-0.05, 0) is 59.4 Å². The van der Waals surface area contributed by atoms with Crippen LogP contribution in [-0.4, -0.2) is 32.8 Å². The molecule has 0 aromatic carbocycles. The molecule has 2 aromatic rings. The van der Waals surface area contributed by atoms with Crippen LogP contribution >= 0.6 is 0 Å². The highest BCUT2D eigenvalue weighted by atomic mass is 16.1. The summed E-state index contributed by atoms with van der Waals surface area (Å²) in [7, 11) is 0. The smallest absolute Gasteiger partial charge is 0.252 e. The van der Waals surface area contributed by atoms with Gasteiger partial charge < -0.3 is 11.1 Å². The molecule has 2 aromatic heterocycles. The quantitative estimate of drug-likeness (QED) is 0.842. The van der Waals surface area contributed by atoms with Gasteiger partial charge in [-0.25, -0.2) is 9.67 Å². The van der Waals surface area contributed by atoms with E-state index in [1.807, 2.05) is 24.6 Å². The van der Waals surface area contributed by atoms with Crippen LogP contribution in [0.1, 0.15) is 82.0 Å². The number of nitrogens with two attached hydrogens (primary N) is 1. The fourth-order valence-electron chi connectivity index (χ4n) is 3.30. The molecule has 0 radical (unpaired) electrons. The van der Waals surface area contributed by atoms with Crippen molar-refractivity contribution in [1.29, 1.82) is 0 Å². The van der Waals surface area contributed by atoms with Crippen molar-refractivity contribution in [2.24, 2.45) is 11.7 Å². The Bertz CT molecular complexity index is 873. The van der Waals surface area contributed by atoms with Gasteiger partial charge in [0.15, 0.2) is 5.65 Å². The van der Waals surface area contributed by atoms with Crippen molar-refractivity contribution >= 4 is 16.9 Å². The summed E-state index contributed by atoms with van der Waals surface area (Å²) in [5.74, 6) is 0.586. The lowest BCUT2D eigenvalue weighted by molar-refractivity contribution is 0.0884. The highest BCUT2D eigenvalue weighted by Gasteiger charge is 2.33. The van der Waals surface area contributed by atoms with Gasteiger partial charge in [-0.1, -0.05) is 13.8 Å². The van der Waals surface area contributed by atoms with Crippen LogP contribution in [0.15, 0.2) is 6.07 Å². The minimum atomic E-state index is -0.458. The number of pyridine rings is 1. The topological polar surface area (TPSA) is 85.8 Å². The largest absolute Gasteiger partial charge is 0.345 e. The number of rotatable bonds is 5. The minimum Gasteiger partial charge on any atom is -0.345 e. The van der Waals surface area contributed by atoms with Gasteiger partial charge in [0.25, 0.3) is 5.91 Å². The Morgan fingerprint density at radius 1 is 1.33 bits per heavy atom. The van der Waals surface area contributed by atoms with Crippen LogP contribution in [0.5, 0.6) is 0 Å². The highest BCUT2D eigenvalue weighted by Crippen LogP contribution is 2.41. The number of amides is 1. The van der Waals surface area contributed by atoms with Crippen molar-refractivity contribution in [3.8, 4) is 0 Å². The van der Waals surface area contributed by atoms with Gasteiger partial charge in [0.1, 0.15) is 0 Å². The molecule has 1 fully saturated rings. The average Bonchev–Trinajstić information content (AvgIpc) is 3.37. The first-order valence-electron chi connectivity index (χ1n) is 9.91. The number of hydrogen-bond acceptors (Lipinski definition) is 4. The normalized spacial score (nSPS) is 17.4. The van der Waals surface area contributed by atoms with Crippen molar-refractivity contribution in [2.75, 3.05) is 6.54 Å². The second-order valence-electron chi connectivity index (χ2n) is 9.47. The number of carbonyl (C=O) groups excluding carboxylic acids is 1. The van der Waals surface area contributed by atoms with Gasteiger partial charge in [-0.15, -0.1) is 0 Å². The predicted molar refractivity (Wildman–Crippen MR) is 109 cm³/mol. The van der Waals surface area contributed by atoms with E-state index < -0.39 is 5.54 Å². The van der Waals surface area contributed by atoms with E-state index in [4.69, 9.17) is 15.8 Å². The third-order valence-corrected chi connectivity index (χ3v) is 5.81. The first kappa shape index (κ1) is 19.8. The van der Waals surface area contributed by atoms with Crippen LogP contribution in [0.3, 0.4) is 0 Å². The minimum absolute atomic E-state index is 0.0949. The van der Waals surface area contributed by atoms with Gasteiger partial charge >= 0.3 is 0 Å². The van der Waals surface area contributed by atoms with Crippen LogP contribution in [-0.2, 0) is 5.54 Å². The standard InChI is InChI=1S/C21H33N5O/c1-12(2)21(7,11-22)24-19(27)15-10-16(14-8-9-14)23-18-17(15)13(3)25-26(18)20(4,5)6/h10,12,14H,8-9,11,22H2,1-7H3,(H,24,27). The second kappa shape index (κ2) is 6.59. The summed E-state index contributed by atoms with van der Waals surface area (Å²) in [5.41, 5.74) is 8.61. The molecule has 0 aliphatic heterocycles. The molecule has 1 aliphatic carbocycles. The van der Waals surface area contributed by atoms with Crippen molar-refractivity contribution < 1.29 is 4.79 Å². The monoisotopic (exact) mass is 371 g/mol. The summed E-state index contributed by atoms with van der Waals surface area (Å²) in [6, 6.07) is 1.97. The Balaban J connectivity index is 2.17. The van der Waals surface area contributed by atoms with Crippen LogP contribution in [0, 0.1) is 12.8 Å². The Labute approximate surface area is 161 Å². The van der Waals surface area contributed by atoms with Crippen molar-refractivity contribution in [2.45, 2.75) is 78.3 Å². The summed E-state index contributed by atoms with van der Waals surface area (Å²) in [6.07, 6.45) is 2.27. The molecular formula is C21H33N5O. The maximum Gasteiger partial charge on any atom is 0.252 e. The van der Waals surface area contributed by atoms with Gasteiger partial charge in [0, 0.05) is 18.2 Å². The van der Waals surface area contributed by atoms with Gasteiger partial charge in [0.2, 0.25) is 0 Å². The Kier molecular flexibility index (Phi) is 4.83. The van der Waals surface area contributed by atoms with Crippen LogP contribution in [0.25, 0.3) is 11.0 Å². The van der Waals surface area contributed by atoms with Gasteiger partial charge in [0.05, 0.1) is 27.7 Å². The molecule has 1 unspecified atom stereocenters. The molecule has 3 N–H and O–H groups in total. The molecule has 27 heavy (non-hydrogen) atoms. The van der Waals surface area contributed by atoms with E-state index in [1.54, 1.807) is 0 Å². The Morgan fingerprint density at radius 2 is 1.96 bits per heavy atom. The van der Waals surface area contributed by atoms with Crippen molar-refractivity contribution in [3.05, 3.63) is 23.0 Å². The first-order chi connectivity index (χ1) is 12.5. The fraction of sp³-hybridized carbons (Fsp3) is 0.667. The fourth-order valence-corrected chi connectivity index (χ4v) is 3.30. The number of aromatic nitrogens is 3. The number of fused-ring (bicyclic) bond motifs is 1. The zero-order chi connectivity index (χ0) is 20.1. The number of nitrogens with one attached hydrogen (secondary N) is 1. The molecule has 1 saturated carbocycles. The molecule has 3 rings (SSSR count). The highest BCUT2D eigenvalue weighted by molar-refractivity contribution is 6.07. The summed E-state index contributed by atoms with van der Waals surface area (Å²) < 4.78 is 1.95. The molecule has 0 spiro atoms. The van der Waals surface area contributed by atoms with Crippen molar-refractivity contribution in [3.63, 3.8) is 0 Å². The molecule has 2 heterocycles. The average molecular weight is 372 g/mol. The molecule has 1 aliphatic rings. The molecule has 1 atom stereocenters. The summed E-state index contributed by atoms with van der Waals surface area (Å²) in [5, 5.41) is 8.75. The molecule has 1 amide bonds. The SMILES string of the molecule is Cc1nn(C(C)(C)C)c2nc(C3CC3)cc(C(=O)NC(C)(CN)C(C)C)c12. The molecular weight excluding hydrogens is 338 g/mol. The van der Waals surface area contributed by atoms with Crippen LogP contribution in [0.2, 0.25) is 0 Å². The van der Waals surface area contributed by atoms with E-state index in [1.165, 1.54) is 0 Å². The van der Waals surface area contributed by atoms with Gasteiger partial charge in [-0.3, -0.25) is 4.79 Å². The molecule has 0 saturated heterocycles. The molecule has 6 heteroatoms. The zero-order valence-corrected chi connectivity index (χ0v) is 17.7. The van der Waals surface area contributed by atoms with E-state index in [2.05, 4.69) is 39.9 Å². The number of nitrogens with zero attached hydrogens (tertiary/aromatic N) is 3.